The molecule has 2 atom stereocenters. The maximum atomic E-state index is 13.8. The van der Waals surface area contributed by atoms with Crippen LogP contribution in [-0.2, 0) is 17.5 Å². The summed E-state index contributed by atoms with van der Waals surface area (Å²) in [7, 11) is 0. The fraction of sp³-hybridized carbons (Fsp3) is 0.353. The Morgan fingerprint density at radius 3 is 2.31 bits per heavy atom. The summed E-state index contributed by atoms with van der Waals surface area (Å²) in [6.45, 7) is 5.11. The van der Waals surface area contributed by atoms with Crippen molar-refractivity contribution in [2.75, 3.05) is 0 Å². The van der Waals surface area contributed by atoms with Gasteiger partial charge in [-0.15, -0.1) is 4.72 Å². The molecule has 0 amide bonds. The van der Waals surface area contributed by atoms with Crippen LogP contribution in [0.15, 0.2) is 36.5 Å². The third kappa shape index (κ3) is 5.33. The summed E-state index contributed by atoms with van der Waals surface area (Å²) >= 11 is 4.16. The Hall–Kier alpha value is -1.35. The smallest absolute Gasteiger partial charge is 0.416 e. The number of benzene rings is 1. The monoisotopic (exact) mass is 408 g/mol. The minimum absolute atomic E-state index is 0.0373. The van der Waals surface area contributed by atoms with Gasteiger partial charge in [-0.2, -0.15) is 13.2 Å². The van der Waals surface area contributed by atoms with Crippen LogP contribution in [-0.4, -0.2) is 14.3 Å². The Kier molecular flexibility index (Phi) is 6.22. The van der Waals surface area contributed by atoms with Gasteiger partial charge in [-0.25, -0.2) is 4.39 Å². The number of rotatable bonds is 4. The van der Waals surface area contributed by atoms with E-state index in [4.69, 9.17) is 11.6 Å². The van der Waals surface area contributed by atoms with E-state index >= 15 is 0 Å². The molecule has 9 heteroatoms. The van der Waals surface area contributed by atoms with E-state index in [1.807, 2.05) is 0 Å². The summed E-state index contributed by atoms with van der Waals surface area (Å²) in [6, 6.07) is 4.17. The highest BCUT2D eigenvalue weighted by molar-refractivity contribution is 7.90. The minimum Gasteiger partial charge on any atom is -0.598 e. The number of aromatic nitrogens is 1. The molecule has 1 heterocycles. The lowest BCUT2D eigenvalue weighted by Crippen LogP contribution is -2.41. The maximum Gasteiger partial charge on any atom is 0.416 e. The van der Waals surface area contributed by atoms with E-state index in [9.17, 15) is 22.1 Å². The lowest BCUT2D eigenvalue weighted by molar-refractivity contribution is -0.137. The molecule has 0 aliphatic carbocycles. The molecule has 0 aliphatic rings. The SMILES string of the molecule is CC(C)(C)[S@+]([O-])N[C@@H](c1cc(F)cc(C(F)(F)F)c1)c1ccc(Cl)cn1. The van der Waals surface area contributed by atoms with Crippen molar-refractivity contribution in [1.82, 2.24) is 9.71 Å². The summed E-state index contributed by atoms with van der Waals surface area (Å²) in [6.07, 6.45) is -3.40. The lowest BCUT2D eigenvalue weighted by atomic mass is 10.0. The molecule has 26 heavy (non-hydrogen) atoms. The second kappa shape index (κ2) is 7.72. The quantitative estimate of drug-likeness (QED) is 0.570. The van der Waals surface area contributed by atoms with Gasteiger partial charge in [0.05, 0.1) is 16.3 Å². The van der Waals surface area contributed by atoms with Gasteiger partial charge in [0.25, 0.3) is 0 Å². The molecule has 0 saturated carbocycles. The summed E-state index contributed by atoms with van der Waals surface area (Å²) < 4.78 is 67.5. The molecule has 0 bridgehead atoms. The van der Waals surface area contributed by atoms with Crippen LogP contribution in [0, 0.1) is 5.82 Å². The van der Waals surface area contributed by atoms with Crippen LogP contribution in [0.25, 0.3) is 0 Å². The van der Waals surface area contributed by atoms with Crippen LogP contribution in [0.5, 0.6) is 0 Å². The van der Waals surface area contributed by atoms with Gasteiger partial charge >= 0.3 is 6.18 Å². The topological polar surface area (TPSA) is 48.0 Å². The standard InChI is InChI=1S/C17H17ClF4N2OS/c1-16(2,3)26(25)24-15(14-5-4-12(18)9-23-14)10-6-11(17(20,21)22)8-13(19)7-10/h4-9,15,24H,1-3H3/t15-,26-/m0/s1. The average molecular weight is 409 g/mol. The summed E-state index contributed by atoms with van der Waals surface area (Å²) in [5.41, 5.74) is -0.898. The first-order chi connectivity index (χ1) is 11.9. The highest BCUT2D eigenvalue weighted by atomic mass is 35.5. The highest BCUT2D eigenvalue weighted by Crippen LogP contribution is 2.33. The van der Waals surface area contributed by atoms with Crippen molar-refractivity contribution in [3.05, 3.63) is 64.2 Å². The summed E-state index contributed by atoms with van der Waals surface area (Å²) in [5, 5.41) is 0.333. The fourth-order valence-corrected chi connectivity index (χ4v) is 3.02. The highest BCUT2D eigenvalue weighted by Gasteiger charge is 2.35. The van der Waals surface area contributed by atoms with Gasteiger partial charge in [-0.1, -0.05) is 11.6 Å². The van der Waals surface area contributed by atoms with Gasteiger partial charge in [0, 0.05) is 17.6 Å². The summed E-state index contributed by atoms with van der Waals surface area (Å²) in [4.78, 5) is 4.08. The average Bonchev–Trinajstić information content (AvgIpc) is 2.51. The number of hydrogen-bond donors (Lipinski definition) is 1. The second-order valence-corrected chi connectivity index (χ2v) is 9.04. The molecule has 0 unspecified atom stereocenters. The maximum absolute atomic E-state index is 13.8. The normalized spacial score (nSPS) is 15.0. The van der Waals surface area contributed by atoms with E-state index in [2.05, 4.69) is 9.71 Å². The molecule has 3 nitrogen and oxygen atoms in total. The lowest BCUT2D eigenvalue weighted by Gasteiger charge is -2.28. The van der Waals surface area contributed by atoms with Gasteiger partial charge < -0.3 is 4.55 Å². The fourth-order valence-electron chi connectivity index (χ4n) is 2.08. The molecule has 0 spiro atoms. The molecule has 1 aromatic heterocycles. The minimum atomic E-state index is -4.71. The van der Waals surface area contributed by atoms with Gasteiger partial charge in [-0.05, 0) is 56.7 Å². The van der Waals surface area contributed by atoms with Crippen molar-refractivity contribution in [3.63, 3.8) is 0 Å². The van der Waals surface area contributed by atoms with Crippen molar-refractivity contribution in [3.8, 4) is 0 Å². The molecule has 2 aromatic rings. The van der Waals surface area contributed by atoms with E-state index in [1.54, 1.807) is 20.8 Å². The third-order valence-corrected chi connectivity index (χ3v) is 5.19. The van der Waals surface area contributed by atoms with Crippen LogP contribution in [0.1, 0.15) is 43.6 Å². The van der Waals surface area contributed by atoms with Gasteiger partial charge in [0.1, 0.15) is 16.6 Å². The molecular weight excluding hydrogens is 392 g/mol. The first-order valence-electron chi connectivity index (χ1n) is 7.55. The van der Waals surface area contributed by atoms with Gasteiger partial charge in [0.15, 0.2) is 0 Å². The Bertz CT molecular complexity index is 763. The van der Waals surface area contributed by atoms with Crippen LogP contribution in [0.2, 0.25) is 5.02 Å². The molecule has 0 saturated heterocycles. The number of pyridine rings is 1. The van der Waals surface area contributed by atoms with Crippen LogP contribution >= 0.6 is 11.6 Å². The number of hydrogen-bond acceptors (Lipinski definition) is 3. The first-order valence-corrected chi connectivity index (χ1v) is 9.08. The molecule has 0 aliphatic heterocycles. The van der Waals surface area contributed by atoms with E-state index in [0.717, 1.165) is 12.1 Å². The van der Waals surface area contributed by atoms with Crippen LogP contribution < -0.4 is 4.72 Å². The van der Waals surface area contributed by atoms with Crippen molar-refractivity contribution < 1.29 is 22.1 Å². The largest absolute Gasteiger partial charge is 0.598 e. The number of alkyl halides is 3. The predicted octanol–water partition coefficient (Wildman–Crippen LogP) is 5.03. The van der Waals surface area contributed by atoms with Crippen LogP contribution in [0.4, 0.5) is 17.6 Å². The Balaban J connectivity index is 2.53. The number of halogens is 5. The Morgan fingerprint density at radius 2 is 1.81 bits per heavy atom. The Labute approximate surface area is 157 Å². The zero-order chi connectivity index (χ0) is 19.7. The van der Waals surface area contributed by atoms with E-state index < -0.39 is 39.7 Å². The molecule has 1 aromatic carbocycles. The predicted molar refractivity (Wildman–Crippen MR) is 93.5 cm³/mol. The van der Waals surface area contributed by atoms with Crippen molar-refractivity contribution >= 4 is 23.0 Å². The molecule has 0 fully saturated rings. The van der Waals surface area contributed by atoms with E-state index in [-0.39, 0.29) is 11.3 Å². The van der Waals surface area contributed by atoms with Crippen LogP contribution in [0.3, 0.4) is 0 Å². The van der Waals surface area contributed by atoms with Gasteiger partial charge in [-0.3, -0.25) is 4.98 Å². The molecule has 1 N–H and O–H groups in total. The molecule has 142 valence electrons. The zero-order valence-electron chi connectivity index (χ0n) is 14.2. The first kappa shape index (κ1) is 21.0. The van der Waals surface area contributed by atoms with Crippen molar-refractivity contribution in [1.29, 1.82) is 0 Å². The van der Waals surface area contributed by atoms with Gasteiger partial charge in [0.2, 0.25) is 0 Å². The van der Waals surface area contributed by atoms with Crippen molar-refractivity contribution in [2.24, 2.45) is 0 Å². The number of nitrogens with one attached hydrogen (secondary N) is 1. The third-order valence-electron chi connectivity index (χ3n) is 3.41. The molecule has 0 radical (unpaired) electrons. The second-order valence-electron chi connectivity index (χ2n) is 6.60. The zero-order valence-corrected chi connectivity index (χ0v) is 15.8. The van der Waals surface area contributed by atoms with Crippen molar-refractivity contribution in [2.45, 2.75) is 37.7 Å². The van der Waals surface area contributed by atoms with E-state index in [1.165, 1.54) is 18.3 Å². The Morgan fingerprint density at radius 1 is 1.15 bits per heavy atom. The molecule has 2 rings (SSSR count). The molecular formula is C17H17ClF4N2OS. The number of nitrogens with zero attached hydrogens (tertiary/aromatic N) is 1. The van der Waals surface area contributed by atoms with E-state index in [0.29, 0.717) is 11.1 Å². The summed E-state index contributed by atoms with van der Waals surface area (Å²) in [5.74, 6) is -1.04.